The highest BCUT2D eigenvalue weighted by molar-refractivity contribution is 6.31. The van der Waals surface area contributed by atoms with Crippen LogP contribution in [-0.4, -0.2) is 17.8 Å². The van der Waals surface area contributed by atoms with E-state index in [1.165, 1.54) is 18.2 Å². The van der Waals surface area contributed by atoms with E-state index in [1.54, 1.807) is 12.2 Å². The predicted octanol–water partition coefficient (Wildman–Crippen LogP) is 1.44. The highest BCUT2D eigenvalue weighted by Crippen LogP contribution is 2.33. The van der Waals surface area contributed by atoms with Crippen molar-refractivity contribution in [2.45, 2.75) is 12.1 Å². The van der Waals surface area contributed by atoms with Crippen LogP contribution in [0, 0.1) is 0 Å². The van der Waals surface area contributed by atoms with Gasteiger partial charge in [0, 0.05) is 6.42 Å². The normalized spacial score (nSPS) is 25.5. The number of nitrogens with zero attached hydrogens (tertiary/aromatic N) is 2. The molecule has 5 heteroatoms. The van der Waals surface area contributed by atoms with Gasteiger partial charge in [-0.25, -0.2) is 9.59 Å². The molecule has 0 atom stereocenters. The Bertz CT molecular complexity index is 342. The van der Waals surface area contributed by atoms with Crippen LogP contribution in [0.5, 0.6) is 0 Å². The van der Waals surface area contributed by atoms with E-state index in [0.29, 0.717) is 0 Å². The maximum atomic E-state index is 10.1. The van der Waals surface area contributed by atoms with Crippen LogP contribution in [0.1, 0.15) is 6.42 Å². The van der Waals surface area contributed by atoms with Crippen LogP contribution in [0.2, 0.25) is 0 Å². The van der Waals surface area contributed by atoms with Gasteiger partial charge in [-0.1, -0.05) is 23.8 Å². The van der Waals surface area contributed by atoms with E-state index in [2.05, 4.69) is 9.98 Å². The summed E-state index contributed by atoms with van der Waals surface area (Å²) in [5.41, 5.74) is -1.32. The Hall–Kier alpha value is -1.47. The van der Waals surface area contributed by atoms with Gasteiger partial charge < -0.3 is 0 Å². The molecule has 1 aliphatic rings. The number of aliphatic imine (C=N–C) groups is 2. The zero-order valence-electron chi connectivity index (χ0n) is 6.53. The number of hydrogen-bond acceptors (Lipinski definition) is 4. The van der Waals surface area contributed by atoms with E-state index in [9.17, 15) is 9.59 Å². The molecular weight excluding hydrogens is 192 g/mol. The van der Waals surface area contributed by atoms with E-state index in [-0.39, 0.29) is 11.5 Å². The minimum Gasteiger partial charge on any atom is -0.211 e. The standard InChI is InChI=1S/C8H5ClN2O2/c9-7-3-1-2-4-8(7,10-5-12)11-6-13/h1-3H,4H2. The van der Waals surface area contributed by atoms with Crippen LogP contribution in [-0.2, 0) is 9.59 Å². The largest absolute Gasteiger partial charge is 0.237 e. The molecule has 0 aromatic carbocycles. The summed E-state index contributed by atoms with van der Waals surface area (Å²) in [6.07, 6.45) is 7.86. The molecule has 0 heterocycles. The molecule has 0 N–H and O–H groups in total. The van der Waals surface area contributed by atoms with Gasteiger partial charge in [-0.2, -0.15) is 9.98 Å². The van der Waals surface area contributed by atoms with Gasteiger partial charge in [0.25, 0.3) is 0 Å². The number of isocyanates is 2. The summed E-state index contributed by atoms with van der Waals surface area (Å²) in [5.74, 6) is 0. The fourth-order valence-electron chi connectivity index (χ4n) is 0.990. The highest BCUT2D eigenvalue weighted by Gasteiger charge is 2.33. The molecule has 1 aliphatic carbocycles. The number of allylic oxidation sites excluding steroid dienone is 2. The van der Waals surface area contributed by atoms with Gasteiger partial charge in [-0.3, -0.25) is 0 Å². The summed E-state index contributed by atoms with van der Waals surface area (Å²) < 4.78 is 0. The molecule has 0 aromatic heterocycles. The number of hydrogen-bond donors (Lipinski definition) is 0. The molecule has 0 bridgehead atoms. The minimum absolute atomic E-state index is 0.210. The van der Waals surface area contributed by atoms with Crippen LogP contribution in [0.15, 0.2) is 33.2 Å². The first-order valence-corrected chi connectivity index (χ1v) is 3.84. The van der Waals surface area contributed by atoms with E-state index >= 15 is 0 Å². The second kappa shape index (κ2) is 3.97. The average Bonchev–Trinajstić information content (AvgIpc) is 2.11. The molecule has 4 nitrogen and oxygen atoms in total. The Morgan fingerprint density at radius 2 is 2.00 bits per heavy atom. The fraction of sp³-hybridized carbons (Fsp3) is 0.250. The van der Waals surface area contributed by atoms with Gasteiger partial charge >= 0.3 is 0 Å². The molecule has 0 unspecified atom stereocenters. The van der Waals surface area contributed by atoms with Crippen molar-refractivity contribution in [3.8, 4) is 0 Å². The van der Waals surface area contributed by atoms with Crippen molar-refractivity contribution < 1.29 is 9.59 Å². The SMILES string of the molecule is O=C=NC1(N=C=O)CC=CC=C1Cl. The van der Waals surface area contributed by atoms with E-state index < -0.39 is 5.66 Å². The van der Waals surface area contributed by atoms with Gasteiger partial charge in [-0.15, -0.1) is 0 Å². The average molecular weight is 197 g/mol. The van der Waals surface area contributed by atoms with E-state index in [1.807, 2.05) is 0 Å². The lowest BCUT2D eigenvalue weighted by Crippen LogP contribution is -2.24. The minimum atomic E-state index is -1.32. The third-order valence-electron chi connectivity index (χ3n) is 1.62. The summed E-state index contributed by atoms with van der Waals surface area (Å²) >= 11 is 5.76. The Kier molecular flexibility index (Phi) is 2.93. The van der Waals surface area contributed by atoms with Gasteiger partial charge in [0.1, 0.15) is 0 Å². The highest BCUT2D eigenvalue weighted by atomic mass is 35.5. The first-order chi connectivity index (χ1) is 6.25. The third-order valence-corrected chi connectivity index (χ3v) is 2.05. The lowest BCUT2D eigenvalue weighted by atomic mass is 10.0. The van der Waals surface area contributed by atoms with Crippen LogP contribution >= 0.6 is 11.6 Å². The quantitative estimate of drug-likeness (QED) is 0.496. The van der Waals surface area contributed by atoms with Crippen molar-refractivity contribution in [2.75, 3.05) is 0 Å². The van der Waals surface area contributed by atoms with Gasteiger partial charge in [0.05, 0.1) is 5.03 Å². The Morgan fingerprint density at radius 1 is 1.38 bits per heavy atom. The number of rotatable bonds is 2. The molecule has 66 valence electrons. The van der Waals surface area contributed by atoms with Gasteiger partial charge in [0.2, 0.25) is 17.8 Å². The van der Waals surface area contributed by atoms with Crippen molar-refractivity contribution >= 4 is 23.8 Å². The maximum Gasteiger partial charge on any atom is 0.237 e. The summed E-state index contributed by atoms with van der Waals surface area (Å²) in [6, 6.07) is 0. The van der Waals surface area contributed by atoms with Crippen molar-refractivity contribution in [2.24, 2.45) is 9.98 Å². The topological polar surface area (TPSA) is 58.9 Å². The molecule has 0 saturated carbocycles. The Morgan fingerprint density at radius 3 is 2.46 bits per heavy atom. The number of halogens is 1. The molecule has 0 spiro atoms. The first-order valence-electron chi connectivity index (χ1n) is 3.46. The zero-order chi connectivity index (χ0) is 9.73. The molecule has 0 aromatic rings. The first kappa shape index (κ1) is 9.62. The molecular formula is C8H5ClN2O2. The van der Waals surface area contributed by atoms with Crippen LogP contribution in [0.25, 0.3) is 0 Å². The smallest absolute Gasteiger partial charge is 0.211 e. The second-order valence-electron chi connectivity index (χ2n) is 2.37. The zero-order valence-corrected chi connectivity index (χ0v) is 7.28. The summed E-state index contributed by atoms with van der Waals surface area (Å²) in [7, 11) is 0. The van der Waals surface area contributed by atoms with Crippen molar-refractivity contribution in [3.05, 3.63) is 23.3 Å². The summed E-state index contributed by atoms with van der Waals surface area (Å²) in [4.78, 5) is 27.0. The number of carbonyl (C=O) groups excluding carboxylic acids is 2. The molecule has 0 aliphatic heterocycles. The Labute approximate surface area is 79.3 Å². The second-order valence-corrected chi connectivity index (χ2v) is 2.78. The summed E-state index contributed by atoms with van der Waals surface area (Å²) in [6.45, 7) is 0. The summed E-state index contributed by atoms with van der Waals surface area (Å²) in [5, 5.41) is 0.210. The van der Waals surface area contributed by atoms with Crippen molar-refractivity contribution in [1.82, 2.24) is 0 Å². The molecule has 0 amide bonds. The monoisotopic (exact) mass is 196 g/mol. The van der Waals surface area contributed by atoms with Crippen LogP contribution in [0.3, 0.4) is 0 Å². The Balaban J connectivity index is 3.19. The predicted molar refractivity (Wildman–Crippen MR) is 46.7 cm³/mol. The van der Waals surface area contributed by atoms with Crippen molar-refractivity contribution in [3.63, 3.8) is 0 Å². The van der Waals surface area contributed by atoms with Crippen LogP contribution < -0.4 is 0 Å². The van der Waals surface area contributed by atoms with E-state index in [4.69, 9.17) is 11.6 Å². The van der Waals surface area contributed by atoms with Crippen LogP contribution in [0.4, 0.5) is 0 Å². The van der Waals surface area contributed by atoms with E-state index in [0.717, 1.165) is 0 Å². The fourth-order valence-corrected chi connectivity index (χ4v) is 1.22. The van der Waals surface area contributed by atoms with Gasteiger partial charge in [-0.05, 0) is 6.08 Å². The van der Waals surface area contributed by atoms with Crippen molar-refractivity contribution in [1.29, 1.82) is 0 Å². The lowest BCUT2D eigenvalue weighted by Gasteiger charge is -2.21. The molecule has 1 rings (SSSR count). The molecule has 0 fully saturated rings. The lowest BCUT2D eigenvalue weighted by molar-refractivity contribution is 0.508. The molecule has 0 saturated heterocycles. The molecule has 13 heavy (non-hydrogen) atoms. The third kappa shape index (κ3) is 1.82. The maximum absolute atomic E-state index is 10.1. The molecule has 0 radical (unpaired) electrons. The van der Waals surface area contributed by atoms with Gasteiger partial charge in [0.15, 0.2) is 0 Å².